The lowest BCUT2D eigenvalue weighted by Gasteiger charge is -2.10. The van der Waals surface area contributed by atoms with E-state index >= 15 is 0 Å². The Morgan fingerprint density at radius 2 is 0.968 bits per heavy atom. The Morgan fingerprint density at radius 3 is 1.45 bits per heavy atom. The normalized spacial score (nSPS) is 12.7. The van der Waals surface area contributed by atoms with Gasteiger partial charge in [-0.2, -0.15) is 0 Å². The molecule has 5 aromatic rings. The molecule has 3 nitrogen and oxygen atoms in total. The summed E-state index contributed by atoms with van der Waals surface area (Å²) in [5, 5.41) is 14.3. The summed E-state index contributed by atoms with van der Waals surface area (Å²) in [7, 11) is -2.86. The van der Waals surface area contributed by atoms with Crippen LogP contribution < -0.4 is 0 Å². The Balaban J connectivity index is 0.000000180. The first-order valence-corrected chi connectivity index (χ1v) is 11.5. The molecule has 0 radical (unpaired) electrons. The van der Waals surface area contributed by atoms with Gasteiger partial charge >= 0.3 is 0 Å². The van der Waals surface area contributed by atoms with Crippen molar-refractivity contribution in [2.75, 3.05) is 0 Å². The fourth-order valence-corrected chi connectivity index (χ4v) is 4.18. The Morgan fingerprint density at radius 1 is 0.548 bits per heavy atom. The van der Waals surface area contributed by atoms with Crippen LogP contribution >= 0.6 is 8.03 Å². The van der Waals surface area contributed by atoms with Crippen molar-refractivity contribution >= 4 is 29.6 Å². The van der Waals surface area contributed by atoms with Gasteiger partial charge < -0.3 is 10.00 Å². The summed E-state index contributed by atoms with van der Waals surface area (Å²) in [5.41, 5.74) is 3.10. The van der Waals surface area contributed by atoms with E-state index in [1.807, 2.05) is 0 Å². The molecule has 0 heterocycles. The van der Waals surface area contributed by atoms with Crippen molar-refractivity contribution in [2.45, 2.75) is 5.85 Å². The van der Waals surface area contributed by atoms with Crippen molar-refractivity contribution in [2.24, 2.45) is 0 Å². The van der Waals surface area contributed by atoms with E-state index in [1.54, 1.807) is 30.3 Å². The van der Waals surface area contributed by atoms with Crippen molar-refractivity contribution in [3.05, 3.63) is 121 Å². The summed E-state index contributed by atoms with van der Waals surface area (Å²) in [4.78, 5) is 8.57. The molecule has 5 rings (SSSR count). The number of fused-ring (bicyclic) bond motifs is 2. The predicted octanol–water partition coefficient (Wildman–Crippen LogP) is 6.80. The molecular formula is C27H23O3P. The van der Waals surface area contributed by atoms with Crippen LogP contribution in [0.5, 0.6) is 0 Å². The van der Waals surface area contributed by atoms with Gasteiger partial charge in [-0.25, -0.2) is 0 Å². The SMILES string of the molecule is O=[PH](O)C(O)c1ccccc1.c1ccc2c(-c3cccc4ccccc34)cccc2c1. The van der Waals surface area contributed by atoms with Crippen molar-refractivity contribution in [1.82, 2.24) is 0 Å². The molecule has 2 atom stereocenters. The van der Waals surface area contributed by atoms with Gasteiger partial charge in [-0.3, -0.25) is 4.57 Å². The summed E-state index contributed by atoms with van der Waals surface area (Å²) < 4.78 is 10.4. The molecular weight excluding hydrogens is 403 g/mol. The third-order valence-corrected chi connectivity index (χ3v) is 6.02. The number of rotatable bonds is 3. The number of hydrogen-bond acceptors (Lipinski definition) is 2. The van der Waals surface area contributed by atoms with Crippen LogP contribution in [0, 0.1) is 0 Å². The van der Waals surface area contributed by atoms with Crippen molar-refractivity contribution in [3.8, 4) is 11.1 Å². The van der Waals surface area contributed by atoms with Crippen LogP contribution in [0.1, 0.15) is 11.4 Å². The van der Waals surface area contributed by atoms with Crippen LogP contribution in [-0.4, -0.2) is 10.00 Å². The molecule has 31 heavy (non-hydrogen) atoms. The van der Waals surface area contributed by atoms with Crippen molar-refractivity contribution in [1.29, 1.82) is 0 Å². The number of hydrogen-bond donors (Lipinski definition) is 2. The highest BCUT2D eigenvalue weighted by molar-refractivity contribution is 7.38. The monoisotopic (exact) mass is 426 g/mol. The molecule has 2 unspecified atom stereocenters. The van der Waals surface area contributed by atoms with E-state index in [4.69, 9.17) is 10.00 Å². The molecule has 0 aromatic heterocycles. The summed E-state index contributed by atoms with van der Waals surface area (Å²) in [6.07, 6.45) is 0. The first-order valence-electron chi connectivity index (χ1n) is 10.1. The van der Waals surface area contributed by atoms with E-state index in [-0.39, 0.29) is 0 Å². The second-order valence-electron chi connectivity index (χ2n) is 7.20. The Hall–Kier alpha value is -3.23. The third-order valence-electron chi connectivity index (χ3n) is 5.22. The average Bonchev–Trinajstić information content (AvgIpc) is 2.84. The number of aliphatic hydroxyl groups excluding tert-OH is 1. The van der Waals surface area contributed by atoms with Crippen molar-refractivity contribution in [3.63, 3.8) is 0 Å². The second-order valence-corrected chi connectivity index (χ2v) is 8.43. The first kappa shape index (κ1) is 21.0. The molecule has 0 fully saturated rings. The van der Waals surface area contributed by atoms with E-state index < -0.39 is 13.9 Å². The molecule has 154 valence electrons. The minimum absolute atomic E-state index is 0.485. The summed E-state index contributed by atoms with van der Waals surface area (Å²) in [6.45, 7) is 0. The second kappa shape index (κ2) is 9.72. The standard InChI is InChI=1S/C20H14.C7H9O3P/c1-3-11-17-15(7-1)9-5-13-19(17)20-14-6-10-16-8-2-4-12-18(16)20;8-7(11(9)10)6-4-2-1-3-5-6/h1-14H;1-5,7-8,11H,(H,9,10). The number of aliphatic hydroxyl groups is 1. The molecule has 0 aliphatic carbocycles. The van der Waals surface area contributed by atoms with Gasteiger partial charge in [-0.05, 0) is 38.2 Å². The van der Waals surface area contributed by atoms with Crippen LogP contribution in [0.15, 0.2) is 115 Å². The van der Waals surface area contributed by atoms with E-state index in [9.17, 15) is 4.57 Å². The highest BCUT2D eigenvalue weighted by atomic mass is 31.1. The van der Waals surface area contributed by atoms with Gasteiger partial charge in [0, 0.05) is 0 Å². The highest BCUT2D eigenvalue weighted by Crippen LogP contribution is 2.34. The molecule has 2 N–H and O–H groups in total. The molecule has 0 aliphatic heterocycles. The maximum absolute atomic E-state index is 10.4. The first-order chi connectivity index (χ1) is 15.1. The van der Waals surface area contributed by atoms with Gasteiger partial charge in [0.15, 0.2) is 5.85 Å². The topological polar surface area (TPSA) is 57.5 Å². The molecule has 0 aliphatic rings. The van der Waals surface area contributed by atoms with E-state index in [0.29, 0.717) is 5.56 Å². The predicted molar refractivity (Wildman–Crippen MR) is 130 cm³/mol. The fraction of sp³-hybridized carbons (Fsp3) is 0.0370. The molecule has 0 amide bonds. The summed E-state index contributed by atoms with van der Waals surface area (Å²) in [5.74, 6) is -1.22. The van der Waals surface area contributed by atoms with Gasteiger partial charge in [0.05, 0.1) is 0 Å². The molecule has 0 saturated heterocycles. The van der Waals surface area contributed by atoms with Crippen LogP contribution in [0.3, 0.4) is 0 Å². The maximum atomic E-state index is 10.4. The Bertz CT molecular complexity index is 1240. The zero-order valence-corrected chi connectivity index (χ0v) is 17.8. The Labute approximate surface area is 182 Å². The largest absolute Gasteiger partial charge is 0.378 e. The lowest BCUT2D eigenvalue weighted by atomic mass is 9.94. The minimum Gasteiger partial charge on any atom is -0.378 e. The van der Waals surface area contributed by atoms with Crippen LogP contribution in [0.4, 0.5) is 0 Å². The zero-order valence-electron chi connectivity index (χ0n) is 16.8. The van der Waals surface area contributed by atoms with Gasteiger partial charge in [0.1, 0.15) is 0 Å². The van der Waals surface area contributed by atoms with E-state index in [0.717, 1.165) is 0 Å². The lowest BCUT2D eigenvalue weighted by Crippen LogP contribution is -1.89. The fourth-order valence-electron chi connectivity index (χ4n) is 3.70. The highest BCUT2D eigenvalue weighted by Gasteiger charge is 2.11. The molecule has 0 saturated carbocycles. The summed E-state index contributed by atoms with van der Waals surface area (Å²) >= 11 is 0. The molecule has 4 heteroatoms. The molecule has 0 bridgehead atoms. The minimum atomic E-state index is -2.86. The van der Waals surface area contributed by atoms with E-state index in [1.165, 1.54) is 32.7 Å². The van der Waals surface area contributed by atoms with Crippen molar-refractivity contribution < 1.29 is 14.6 Å². The van der Waals surface area contributed by atoms with Crippen LogP contribution in [0.2, 0.25) is 0 Å². The van der Waals surface area contributed by atoms with Gasteiger partial charge in [-0.15, -0.1) is 0 Å². The third kappa shape index (κ3) is 4.76. The maximum Gasteiger partial charge on any atom is 0.221 e. The van der Waals surface area contributed by atoms with Gasteiger partial charge in [0.25, 0.3) is 0 Å². The molecule has 5 aromatic carbocycles. The lowest BCUT2D eigenvalue weighted by molar-refractivity contribution is 0.243. The van der Waals surface area contributed by atoms with Crippen LogP contribution in [-0.2, 0) is 4.57 Å². The quantitative estimate of drug-likeness (QED) is 0.312. The zero-order chi connectivity index (χ0) is 21.6. The Kier molecular flexibility index (Phi) is 6.59. The van der Waals surface area contributed by atoms with Gasteiger partial charge in [0.2, 0.25) is 8.03 Å². The van der Waals surface area contributed by atoms with Crippen LogP contribution in [0.25, 0.3) is 32.7 Å². The molecule has 0 spiro atoms. The number of benzene rings is 5. The average molecular weight is 426 g/mol. The summed E-state index contributed by atoms with van der Waals surface area (Å²) in [6, 6.07) is 38.6. The van der Waals surface area contributed by atoms with Gasteiger partial charge in [-0.1, -0.05) is 115 Å². The van der Waals surface area contributed by atoms with E-state index in [2.05, 4.69) is 84.9 Å². The smallest absolute Gasteiger partial charge is 0.221 e.